The molecule has 2 heterocycles. The van der Waals surface area contributed by atoms with Gasteiger partial charge in [0.2, 0.25) is 5.88 Å². The molecule has 1 saturated heterocycles. The standard InChI is InChI=1S/C30H54N4O2/c1-27(2,3)32-24-17-25(18-24)36-26-12-11-22(19-31-26)29(7,8)21-30(9,10)33-23-13-14-34(20-23)15-16-35-28(4,5)6/h11-12,19,23-25,32-33H,13-18,20-21H2,1-10H3/t23-,24-,25-/m0/s1. The van der Waals surface area contributed by atoms with E-state index in [1.165, 1.54) is 12.0 Å². The molecule has 1 aromatic rings. The number of hydrogen-bond acceptors (Lipinski definition) is 6. The van der Waals surface area contributed by atoms with Crippen molar-refractivity contribution in [3.8, 4) is 5.88 Å². The van der Waals surface area contributed by atoms with E-state index >= 15 is 0 Å². The summed E-state index contributed by atoms with van der Waals surface area (Å²) < 4.78 is 12.1. The van der Waals surface area contributed by atoms with Crippen molar-refractivity contribution in [2.45, 2.75) is 135 Å². The van der Waals surface area contributed by atoms with Crippen LogP contribution in [0.5, 0.6) is 5.88 Å². The van der Waals surface area contributed by atoms with Crippen LogP contribution in [0.2, 0.25) is 0 Å². The van der Waals surface area contributed by atoms with Gasteiger partial charge in [0.1, 0.15) is 6.10 Å². The molecule has 206 valence electrons. The summed E-state index contributed by atoms with van der Waals surface area (Å²) in [5.41, 5.74) is 1.40. The fraction of sp³-hybridized carbons (Fsp3) is 0.833. The minimum absolute atomic E-state index is 0.0130. The van der Waals surface area contributed by atoms with Crippen LogP contribution in [0.4, 0.5) is 0 Å². The SMILES string of the molecule is CC(C)(CC(C)(C)c1ccc(O[C@H]2C[C@H](NC(C)(C)C)C2)nc1)N[C@H]1CCN(CCOC(C)(C)C)C1. The number of nitrogens with zero attached hydrogens (tertiary/aromatic N) is 2. The fourth-order valence-corrected chi connectivity index (χ4v) is 5.86. The first kappa shape index (κ1) is 29.3. The summed E-state index contributed by atoms with van der Waals surface area (Å²) >= 11 is 0. The molecule has 0 radical (unpaired) electrons. The molecule has 0 aromatic carbocycles. The van der Waals surface area contributed by atoms with Crippen LogP contribution in [0.1, 0.15) is 100 Å². The topological polar surface area (TPSA) is 58.7 Å². The molecule has 0 amide bonds. The van der Waals surface area contributed by atoms with Crippen LogP contribution in [0.25, 0.3) is 0 Å². The lowest BCUT2D eigenvalue weighted by molar-refractivity contribution is -0.0111. The predicted molar refractivity (Wildman–Crippen MR) is 150 cm³/mol. The van der Waals surface area contributed by atoms with Crippen molar-refractivity contribution in [3.05, 3.63) is 23.9 Å². The maximum atomic E-state index is 6.13. The Kier molecular flexibility index (Phi) is 9.18. The van der Waals surface area contributed by atoms with E-state index in [1.54, 1.807) is 0 Å². The van der Waals surface area contributed by atoms with Crippen LogP contribution in [0, 0.1) is 0 Å². The fourth-order valence-electron chi connectivity index (χ4n) is 5.86. The van der Waals surface area contributed by atoms with Gasteiger partial charge in [-0.15, -0.1) is 0 Å². The normalized spacial score (nSPS) is 24.1. The third kappa shape index (κ3) is 9.59. The molecular formula is C30H54N4O2. The molecule has 1 aromatic heterocycles. The van der Waals surface area contributed by atoms with E-state index in [2.05, 4.69) is 102 Å². The van der Waals surface area contributed by atoms with Gasteiger partial charge >= 0.3 is 0 Å². The number of nitrogens with one attached hydrogen (secondary N) is 2. The largest absolute Gasteiger partial charge is 0.474 e. The Bertz CT molecular complexity index is 817. The first-order valence-electron chi connectivity index (χ1n) is 14.0. The molecule has 0 unspecified atom stereocenters. The second-order valence-corrected chi connectivity index (χ2v) is 14.5. The Morgan fingerprint density at radius 2 is 1.64 bits per heavy atom. The van der Waals surface area contributed by atoms with Crippen LogP contribution >= 0.6 is 0 Å². The van der Waals surface area contributed by atoms with Crippen molar-refractivity contribution >= 4 is 0 Å². The Morgan fingerprint density at radius 1 is 0.944 bits per heavy atom. The van der Waals surface area contributed by atoms with Gasteiger partial charge in [0.05, 0.1) is 12.2 Å². The Balaban J connectivity index is 1.44. The summed E-state index contributed by atoms with van der Waals surface area (Å²) in [7, 11) is 0. The molecule has 6 heteroatoms. The monoisotopic (exact) mass is 502 g/mol. The molecule has 0 bridgehead atoms. The van der Waals surface area contributed by atoms with E-state index in [9.17, 15) is 0 Å². The van der Waals surface area contributed by atoms with Crippen LogP contribution in [-0.2, 0) is 10.2 Å². The molecule has 0 spiro atoms. The molecule has 1 aliphatic heterocycles. The lowest BCUT2D eigenvalue weighted by Gasteiger charge is -2.40. The van der Waals surface area contributed by atoms with Crippen molar-refractivity contribution in [1.82, 2.24) is 20.5 Å². The zero-order valence-corrected chi connectivity index (χ0v) is 24.8. The van der Waals surface area contributed by atoms with E-state index < -0.39 is 0 Å². The number of hydrogen-bond donors (Lipinski definition) is 2. The van der Waals surface area contributed by atoms with Gasteiger partial charge in [-0.25, -0.2) is 4.98 Å². The van der Waals surface area contributed by atoms with E-state index in [4.69, 9.17) is 9.47 Å². The van der Waals surface area contributed by atoms with Gasteiger partial charge in [-0.05, 0) is 98.6 Å². The van der Waals surface area contributed by atoms with Gasteiger partial charge in [-0.3, -0.25) is 4.90 Å². The molecule has 3 rings (SSSR count). The number of pyridine rings is 1. The van der Waals surface area contributed by atoms with E-state index in [0.29, 0.717) is 12.1 Å². The highest BCUT2D eigenvalue weighted by Crippen LogP contribution is 2.34. The quantitative estimate of drug-likeness (QED) is 0.428. The highest BCUT2D eigenvalue weighted by Gasteiger charge is 2.35. The van der Waals surface area contributed by atoms with E-state index in [1.807, 2.05) is 6.20 Å². The van der Waals surface area contributed by atoms with Gasteiger partial charge in [-0.2, -0.15) is 0 Å². The van der Waals surface area contributed by atoms with Gasteiger partial charge < -0.3 is 20.1 Å². The second-order valence-electron chi connectivity index (χ2n) is 14.5. The molecule has 1 aliphatic carbocycles. The maximum absolute atomic E-state index is 6.13. The smallest absolute Gasteiger partial charge is 0.213 e. The molecule has 36 heavy (non-hydrogen) atoms. The summed E-state index contributed by atoms with van der Waals surface area (Å²) in [6, 6.07) is 5.33. The maximum Gasteiger partial charge on any atom is 0.213 e. The van der Waals surface area contributed by atoms with Crippen LogP contribution in [-0.4, -0.2) is 71.0 Å². The molecule has 6 nitrogen and oxygen atoms in total. The summed E-state index contributed by atoms with van der Waals surface area (Å²) in [5.74, 6) is 0.743. The van der Waals surface area contributed by atoms with Gasteiger partial charge in [-0.1, -0.05) is 19.9 Å². The minimum Gasteiger partial charge on any atom is -0.474 e. The highest BCUT2D eigenvalue weighted by atomic mass is 16.5. The summed E-state index contributed by atoms with van der Waals surface area (Å²) in [6.45, 7) is 26.4. The van der Waals surface area contributed by atoms with Crippen molar-refractivity contribution in [2.75, 3.05) is 26.2 Å². The molecule has 2 fully saturated rings. The third-order valence-electron chi connectivity index (χ3n) is 7.23. The van der Waals surface area contributed by atoms with Crippen molar-refractivity contribution < 1.29 is 9.47 Å². The van der Waals surface area contributed by atoms with Crippen LogP contribution < -0.4 is 15.4 Å². The van der Waals surface area contributed by atoms with Crippen molar-refractivity contribution in [3.63, 3.8) is 0 Å². The van der Waals surface area contributed by atoms with Crippen LogP contribution in [0.15, 0.2) is 18.3 Å². The van der Waals surface area contributed by atoms with Gasteiger partial charge in [0.15, 0.2) is 0 Å². The number of likely N-dealkylation sites (tertiary alicyclic amines) is 1. The molecule has 1 saturated carbocycles. The zero-order valence-electron chi connectivity index (χ0n) is 24.8. The summed E-state index contributed by atoms with van der Waals surface area (Å²) in [5, 5.41) is 7.61. The van der Waals surface area contributed by atoms with E-state index in [-0.39, 0.29) is 28.2 Å². The third-order valence-corrected chi connectivity index (χ3v) is 7.23. The van der Waals surface area contributed by atoms with Crippen LogP contribution in [0.3, 0.4) is 0 Å². The van der Waals surface area contributed by atoms with Gasteiger partial charge in [0.25, 0.3) is 0 Å². The zero-order chi connectivity index (χ0) is 26.8. The summed E-state index contributed by atoms with van der Waals surface area (Å²) in [4.78, 5) is 7.20. The Labute approximate surface area is 221 Å². The van der Waals surface area contributed by atoms with E-state index in [0.717, 1.165) is 51.4 Å². The number of aromatic nitrogens is 1. The van der Waals surface area contributed by atoms with Crippen molar-refractivity contribution in [1.29, 1.82) is 0 Å². The Hall–Kier alpha value is -1.21. The molecule has 2 N–H and O–H groups in total. The highest BCUT2D eigenvalue weighted by molar-refractivity contribution is 5.25. The Morgan fingerprint density at radius 3 is 2.22 bits per heavy atom. The molecule has 1 atom stereocenters. The minimum atomic E-state index is -0.0615. The first-order chi connectivity index (χ1) is 16.5. The lowest BCUT2D eigenvalue weighted by atomic mass is 9.75. The second kappa shape index (κ2) is 11.3. The van der Waals surface area contributed by atoms with Crippen molar-refractivity contribution in [2.24, 2.45) is 0 Å². The first-order valence-corrected chi connectivity index (χ1v) is 14.0. The summed E-state index contributed by atoms with van der Waals surface area (Å²) in [6.07, 6.45) is 6.61. The number of ether oxygens (including phenoxy) is 2. The van der Waals surface area contributed by atoms with Gasteiger partial charge in [0, 0.05) is 48.5 Å². The lowest BCUT2D eigenvalue weighted by Crippen LogP contribution is -2.53. The average Bonchev–Trinajstić information content (AvgIpc) is 3.10. The predicted octanol–water partition coefficient (Wildman–Crippen LogP) is 5.30. The average molecular weight is 503 g/mol. The molecule has 2 aliphatic rings. The molecular weight excluding hydrogens is 448 g/mol. The number of rotatable bonds is 11.